The van der Waals surface area contributed by atoms with Crippen LogP contribution in [0.4, 0.5) is 20.2 Å². The van der Waals surface area contributed by atoms with E-state index >= 15 is 0 Å². The summed E-state index contributed by atoms with van der Waals surface area (Å²) in [4.78, 5) is 12.0. The summed E-state index contributed by atoms with van der Waals surface area (Å²) >= 11 is 5.77. The van der Waals surface area contributed by atoms with Crippen molar-refractivity contribution in [2.24, 2.45) is 0 Å². The van der Waals surface area contributed by atoms with Crippen molar-refractivity contribution in [3.8, 4) is 0 Å². The molecule has 0 aliphatic heterocycles. The van der Waals surface area contributed by atoms with Crippen LogP contribution in [0.15, 0.2) is 71.6 Å². The smallest absolute Gasteiger partial charge is 0.261 e. The van der Waals surface area contributed by atoms with Crippen molar-refractivity contribution in [3.05, 3.63) is 89.0 Å². The zero-order chi connectivity index (χ0) is 20.3. The van der Waals surface area contributed by atoms with Gasteiger partial charge in [0.2, 0.25) is 0 Å². The number of nitrogens with one attached hydrogen (secondary N) is 2. The number of amides is 1. The van der Waals surface area contributed by atoms with Gasteiger partial charge >= 0.3 is 0 Å². The number of hydrogen-bond donors (Lipinski definition) is 2. The quantitative estimate of drug-likeness (QED) is 0.627. The molecule has 0 saturated heterocycles. The summed E-state index contributed by atoms with van der Waals surface area (Å²) in [6, 6.07) is 13.9. The molecule has 0 atom stereocenters. The molecule has 9 heteroatoms. The fourth-order valence-electron chi connectivity index (χ4n) is 2.30. The Kier molecular flexibility index (Phi) is 5.62. The van der Waals surface area contributed by atoms with Gasteiger partial charge in [0, 0.05) is 22.3 Å². The predicted molar refractivity (Wildman–Crippen MR) is 103 cm³/mol. The van der Waals surface area contributed by atoms with E-state index in [1.54, 1.807) is 24.3 Å². The topological polar surface area (TPSA) is 75.3 Å². The highest BCUT2D eigenvalue weighted by Gasteiger charge is 2.17. The van der Waals surface area contributed by atoms with Crippen LogP contribution in [0.5, 0.6) is 0 Å². The molecule has 0 radical (unpaired) electrons. The van der Waals surface area contributed by atoms with Gasteiger partial charge in [0.05, 0.1) is 10.6 Å². The van der Waals surface area contributed by atoms with E-state index in [0.717, 1.165) is 18.2 Å². The van der Waals surface area contributed by atoms with Gasteiger partial charge in [-0.15, -0.1) is 0 Å². The average Bonchev–Trinajstić information content (AvgIpc) is 2.65. The molecule has 0 aliphatic rings. The zero-order valence-corrected chi connectivity index (χ0v) is 15.7. The van der Waals surface area contributed by atoms with Crippen molar-refractivity contribution >= 4 is 38.9 Å². The van der Waals surface area contributed by atoms with Crippen molar-refractivity contribution in [1.29, 1.82) is 0 Å². The van der Waals surface area contributed by atoms with Gasteiger partial charge in [-0.25, -0.2) is 17.2 Å². The Balaban J connectivity index is 1.75. The Morgan fingerprint density at radius 2 is 1.54 bits per heavy atom. The lowest BCUT2D eigenvalue weighted by Gasteiger charge is -2.10. The highest BCUT2D eigenvalue weighted by Crippen LogP contribution is 2.22. The minimum atomic E-state index is -4.14. The van der Waals surface area contributed by atoms with Gasteiger partial charge in [0.25, 0.3) is 15.9 Å². The number of sulfonamides is 1. The van der Waals surface area contributed by atoms with E-state index < -0.39 is 33.3 Å². The first-order valence-corrected chi connectivity index (χ1v) is 9.75. The number of rotatable bonds is 5. The Morgan fingerprint density at radius 1 is 0.893 bits per heavy atom. The molecule has 0 heterocycles. The molecule has 3 aromatic rings. The van der Waals surface area contributed by atoms with E-state index in [1.165, 1.54) is 24.3 Å². The first kappa shape index (κ1) is 19.8. The molecule has 2 N–H and O–H groups in total. The summed E-state index contributed by atoms with van der Waals surface area (Å²) in [6.07, 6.45) is 0. The SMILES string of the molecule is O=C(Nc1ccc(S(=O)(=O)Nc2cc(F)ccc2F)cc1)c1ccc(Cl)cc1. The van der Waals surface area contributed by atoms with Crippen molar-refractivity contribution in [3.63, 3.8) is 0 Å². The van der Waals surface area contributed by atoms with Gasteiger partial charge in [-0.2, -0.15) is 0 Å². The maximum Gasteiger partial charge on any atom is 0.261 e. The minimum Gasteiger partial charge on any atom is -0.322 e. The summed E-state index contributed by atoms with van der Waals surface area (Å²) in [5, 5.41) is 3.11. The standard InChI is InChI=1S/C19H13ClF2N2O3S/c20-13-3-1-12(2-4-13)19(25)23-15-6-8-16(9-7-15)28(26,27)24-18-11-14(21)5-10-17(18)22/h1-11,24H,(H,23,25). The number of benzene rings is 3. The van der Waals surface area contributed by atoms with Crippen LogP contribution in [-0.4, -0.2) is 14.3 Å². The lowest BCUT2D eigenvalue weighted by molar-refractivity contribution is 0.102. The van der Waals surface area contributed by atoms with Crippen LogP contribution in [0.2, 0.25) is 5.02 Å². The molecule has 0 fully saturated rings. The second kappa shape index (κ2) is 7.95. The Morgan fingerprint density at radius 3 is 2.18 bits per heavy atom. The fraction of sp³-hybridized carbons (Fsp3) is 0. The van der Waals surface area contributed by atoms with Crippen molar-refractivity contribution in [2.75, 3.05) is 10.0 Å². The van der Waals surface area contributed by atoms with Gasteiger partial charge in [0.1, 0.15) is 11.6 Å². The largest absolute Gasteiger partial charge is 0.322 e. The van der Waals surface area contributed by atoms with Crippen LogP contribution >= 0.6 is 11.6 Å². The summed E-state index contributed by atoms with van der Waals surface area (Å²) < 4.78 is 53.6. The van der Waals surface area contributed by atoms with Crippen molar-refractivity contribution in [2.45, 2.75) is 4.90 Å². The molecule has 5 nitrogen and oxygen atoms in total. The third-order valence-electron chi connectivity index (χ3n) is 3.70. The Bertz CT molecular complexity index is 1120. The van der Waals surface area contributed by atoms with Gasteiger partial charge in [-0.1, -0.05) is 11.6 Å². The molecule has 0 unspecified atom stereocenters. The molecule has 144 valence electrons. The van der Waals surface area contributed by atoms with Crippen LogP contribution in [0.25, 0.3) is 0 Å². The normalized spacial score (nSPS) is 11.1. The molecule has 0 spiro atoms. The van der Waals surface area contributed by atoms with E-state index in [4.69, 9.17) is 11.6 Å². The molecule has 3 rings (SSSR count). The summed E-state index contributed by atoms with van der Waals surface area (Å²) in [5.41, 5.74) is 0.236. The third kappa shape index (κ3) is 4.65. The predicted octanol–water partition coefficient (Wildman–Crippen LogP) is 4.67. The van der Waals surface area contributed by atoms with Crippen LogP contribution in [0, 0.1) is 11.6 Å². The zero-order valence-electron chi connectivity index (χ0n) is 14.1. The van der Waals surface area contributed by atoms with Crippen molar-refractivity contribution in [1.82, 2.24) is 0 Å². The second-order valence-electron chi connectivity index (χ2n) is 5.72. The Hall–Kier alpha value is -2.97. The molecular weight excluding hydrogens is 410 g/mol. The molecule has 0 aliphatic carbocycles. The number of carbonyl (C=O) groups is 1. The number of anilines is 2. The average molecular weight is 423 g/mol. The van der Waals surface area contributed by atoms with Crippen molar-refractivity contribution < 1.29 is 22.0 Å². The fourth-order valence-corrected chi connectivity index (χ4v) is 3.49. The van der Waals surface area contributed by atoms with Gasteiger partial charge in [0.15, 0.2) is 0 Å². The first-order valence-electron chi connectivity index (χ1n) is 7.89. The summed E-state index contributed by atoms with van der Waals surface area (Å²) in [6.45, 7) is 0. The minimum absolute atomic E-state index is 0.180. The molecule has 0 bridgehead atoms. The number of hydrogen-bond acceptors (Lipinski definition) is 3. The summed E-state index contributed by atoms with van der Waals surface area (Å²) in [5.74, 6) is -2.08. The maximum atomic E-state index is 13.7. The van der Waals surface area contributed by atoms with E-state index in [1.807, 2.05) is 4.72 Å². The highest BCUT2D eigenvalue weighted by molar-refractivity contribution is 7.92. The number of carbonyl (C=O) groups excluding carboxylic acids is 1. The number of halogens is 3. The lowest BCUT2D eigenvalue weighted by atomic mass is 10.2. The van der Waals surface area contributed by atoms with Gasteiger partial charge < -0.3 is 5.32 Å². The molecule has 3 aromatic carbocycles. The molecule has 28 heavy (non-hydrogen) atoms. The summed E-state index contributed by atoms with van der Waals surface area (Å²) in [7, 11) is -4.14. The van der Waals surface area contributed by atoms with E-state index in [9.17, 15) is 22.0 Å². The van der Waals surface area contributed by atoms with E-state index in [0.29, 0.717) is 16.3 Å². The highest BCUT2D eigenvalue weighted by atomic mass is 35.5. The Labute approximate surface area is 165 Å². The van der Waals surface area contributed by atoms with Crippen LogP contribution < -0.4 is 10.0 Å². The monoisotopic (exact) mass is 422 g/mol. The molecule has 0 aromatic heterocycles. The van der Waals surface area contributed by atoms with Crippen LogP contribution in [0.1, 0.15) is 10.4 Å². The molecule has 0 saturated carbocycles. The van der Waals surface area contributed by atoms with E-state index in [2.05, 4.69) is 5.32 Å². The van der Waals surface area contributed by atoms with Crippen LogP contribution in [-0.2, 0) is 10.0 Å². The maximum absolute atomic E-state index is 13.7. The molecule has 1 amide bonds. The first-order chi connectivity index (χ1) is 13.2. The lowest BCUT2D eigenvalue weighted by Crippen LogP contribution is -2.15. The van der Waals surface area contributed by atoms with Crippen LogP contribution in [0.3, 0.4) is 0 Å². The van der Waals surface area contributed by atoms with Gasteiger partial charge in [-0.3, -0.25) is 9.52 Å². The second-order valence-corrected chi connectivity index (χ2v) is 7.83. The third-order valence-corrected chi connectivity index (χ3v) is 5.34. The van der Waals surface area contributed by atoms with E-state index in [-0.39, 0.29) is 4.90 Å². The van der Waals surface area contributed by atoms with Gasteiger partial charge in [-0.05, 0) is 60.7 Å². The molecular formula is C19H13ClF2N2O3S.